The molecule has 0 bridgehead atoms. The molecule has 0 N–H and O–H groups in total. The highest BCUT2D eigenvalue weighted by atomic mass is 16.6. The minimum absolute atomic E-state index is 0.0521. The summed E-state index contributed by atoms with van der Waals surface area (Å²) in [6.07, 6.45) is 0. The minimum atomic E-state index is -0.836. The molecule has 112 valence electrons. The third-order valence-corrected chi connectivity index (χ3v) is 2.30. The van der Waals surface area contributed by atoms with Crippen LogP contribution >= 0.6 is 0 Å². The summed E-state index contributed by atoms with van der Waals surface area (Å²) in [5.41, 5.74) is -0.331. The van der Waals surface area contributed by atoms with Gasteiger partial charge < -0.3 is 14.2 Å². The van der Waals surface area contributed by atoms with Crippen LogP contribution in [0, 0.1) is 5.41 Å². The number of rotatable bonds is 9. The van der Waals surface area contributed by atoms with Crippen molar-refractivity contribution < 1.29 is 28.6 Å². The zero-order valence-corrected chi connectivity index (χ0v) is 12.1. The Hall–Kier alpha value is -2.11. The second-order valence-electron chi connectivity index (χ2n) is 4.93. The largest absolute Gasteiger partial charge is 0.467 e. The monoisotopic (exact) mass is 284 g/mol. The Morgan fingerprint density at radius 1 is 1.00 bits per heavy atom. The molecule has 0 aromatic carbocycles. The maximum absolute atomic E-state index is 11.4. The van der Waals surface area contributed by atoms with Gasteiger partial charge >= 0.3 is 11.9 Å². The Kier molecular flexibility index (Phi) is 7.28. The van der Waals surface area contributed by atoms with Gasteiger partial charge in [-0.2, -0.15) is 0 Å². The molecular formula is C14H20O6. The number of esters is 2. The molecule has 6 heteroatoms. The molecule has 0 saturated carbocycles. The minimum Gasteiger partial charge on any atom is -0.467 e. The Morgan fingerprint density at radius 3 is 1.70 bits per heavy atom. The Bertz CT molecular complexity index is 380. The van der Waals surface area contributed by atoms with Gasteiger partial charge in [-0.25, -0.2) is 9.59 Å². The number of ether oxygens (including phenoxy) is 3. The molecule has 0 heterocycles. The van der Waals surface area contributed by atoms with Crippen LogP contribution in [-0.4, -0.2) is 38.2 Å². The van der Waals surface area contributed by atoms with Crippen molar-refractivity contribution in [1.29, 1.82) is 0 Å². The maximum Gasteiger partial charge on any atom is 0.333 e. The summed E-state index contributed by atoms with van der Waals surface area (Å²) in [5, 5.41) is 0. The summed E-state index contributed by atoms with van der Waals surface area (Å²) in [4.78, 5) is 33.0. The van der Waals surface area contributed by atoms with Crippen molar-refractivity contribution in [3.8, 4) is 0 Å². The smallest absolute Gasteiger partial charge is 0.333 e. The molecule has 0 atom stereocenters. The molecule has 0 amide bonds. The molecule has 0 aromatic rings. The van der Waals surface area contributed by atoms with Crippen LogP contribution in [0.1, 0.15) is 20.8 Å². The molecule has 0 aromatic heterocycles. The molecule has 0 rings (SSSR count). The second-order valence-corrected chi connectivity index (χ2v) is 4.93. The normalized spacial score (nSPS) is 10.3. The van der Waals surface area contributed by atoms with Crippen molar-refractivity contribution in [1.82, 2.24) is 0 Å². The van der Waals surface area contributed by atoms with Gasteiger partial charge in [0.25, 0.3) is 6.47 Å². The van der Waals surface area contributed by atoms with Gasteiger partial charge in [-0.05, 0) is 20.8 Å². The molecule has 0 aliphatic rings. The standard InChI is InChI=1S/C14H20O6/c1-10(2)12(16)19-7-14(5,6-18-9-15)8-20-13(17)11(3)4/h9H,1,3,6-8H2,2,4-5H3. The molecule has 0 unspecified atom stereocenters. The number of carbonyl (C=O) groups is 3. The van der Waals surface area contributed by atoms with E-state index in [4.69, 9.17) is 9.47 Å². The van der Waals surface area contributed by atoms with E-state index in [0.717, 1.165) is 0 Å². The van der Waals surface area contributed by atoms with E-state index < -0.39 is 17.4 Å². The molecule has 0 fully saturated rings. The van der Waals surface area contributed by atoms with Crippen LogP contribution in [0.25, 0.3) is 0 Å². The topological polar surface area (TPSA) is 78.9 Å². The third-order valence-electron chi connectivity index (χ3n) is 2.30. The number of hydrogen-bond donors (Lipinski definition) is 0. The highest BCUT2D eigenvalue weighted by molar-refractivity contribution is 5.87. The fourth-order valence-electron chi connectivity index (χ4n) is 1.09. The first-order valence-electron chi connectivity index (χ1n) is 5.92. The fraction of sp³-hybridized carbons (Fsp3) is 0.500. The van der Waals surface area contributed by atoms with Gasteiger partial charge in [-0.1, -0.05) is 13.2 Å². The SMILES string of the molecule is C=C(C)C(=O)OCC(C)(COC=O)COC(=O)C(=C)C. The van der Waals surface area contributed by atoms with E-state index in [1.165, 1.54) is 13.8 Å². The zero-order valence-electron chi connectivity index (χ0n) is 12.1. The number of carbonyl (C=O) groups excluding carboxylic acids is 3. The lowest BCUT2D eigenvalue weighted by molar-refractivity contribution is -0.152. The highest BCUT2D eigenvalue weighted by Crippen LogP contribution is 2.19. The summed E-state index contributed by atoms with van der Waals surface area (Å²) in [7, 11) is 0. The van der Waals surface area contributed by atoms with Crippen LogP contribution in [-0.2, 0) is 28.6 Å². The summed E-state index contributed by atoms with van der Waals surface area (Å²) in [5.74, 6) is -1.12. The lowest BCUT2D eigenvalue weighted by atomic mass is 9.94. The summed E-state index contributed by atoms with van der Waals surface area (Å²) >= 11 is 0. The predicted molar refractivity (Wildman–Crippen MR) is 71.7 cm³/mol. The van der Waals surface area contributed by atoms with E-state index in [9.17, 15) is 14.4 Å². The molecule has 0 aliphatic heterocycles. The predicted octanol–water partition coefficient (Wildman–Crippen LogP) is 1.40. The molecule has 6 nitrogen and oxygen atoms in total. The summed E-state index contributed by atoms with van der Waals surface area (Å²) < 4.78 is 14.7. The van der Waals surface area contributed by atoms with E-state index >= 15 is 0 Å². The van der Waals surface area contributed by atoms with Crippen LogP contribution in [0.2, 0.25) is 0 Å². The first-order chi connectivity index (χ1) is 9.22. The van der Waals surface area contributed by atoms with Gasteiger partial charge in [0.05, 0.1) is 5.41 Å². The van der Waals surface area contributed by atoms with E-state index in [1.807, 2.05) is 0 Å². The Balaban J connectivity index is 4.60. The van der Waals surface area contributed by atoms with E-state index in [-0.39, 0.29) is 37.4 Å². The van der Waals surface area contributed by atoms with Crippen molar-refractivity contribution >= 4 is 18.4 Å². The molecule has 0 saturated heterocycles. The maximum atomic E-state index is 11.4. The first kappa shape index (κ1) is 17.9. The second kappa shape index (κ2) is 8.14. The molecule has 0 spiro atoms. The average molecular weight is 284 g/mol. The van der Waals surface area contributed by atoms with Crippen molar-refractivity contribution in [3.05, 3.63) is 24.3 Å². The number of hydrogen-bond acceptors (Lipinski definition) is 6. The van der Waals surface area contributed by atoms with E-state index in [1.54, 1.807) is 6.92 Å². The van der Waals surface area contributed by atoms with Crippen LogP contribution in [0.5, 0.6) is 0 Å². The fourth-order valence-corrected chi connectivity index (χ4v) is 1.09. The summed E-state index contributed by atoms with van der Waals surface area (Å²) in [6, 6.07) is 0. The van der Waals surface area contributed by atoms with Gasteiger partial charge in [0.2, 0.25) is 0 Å². The Labute approximate surface area is 118 Å². The van der Waals surface area contributed by atoms with Crippen LogP contribution in [0.4, 0.5) is 0 Å². The third kappa shape index (κ3) is 6.72. The quantitative estimate of drug-likeness (QED) is 0.276. The van der Waals surface area contributed by atoms with Gasteiger partial charge in [-0.3, -0.25) is 4.79 Å². The lowest BCUT2D eigenvalue weighted by Crippen LogP contribution is -2.36. The highest BCUT2D eigenvalue weighted by Gasteiger charge is 2.30. The van der Waals surface area contributed by atoms with Crippen molar-refractivity contribution in [2.24, 2.45) is 5.41 Å². The molecule has 0 aliphatic carbocycles. The average Bonchev–Trinajstić information content (AvgIpc) is 2.39. The van der Waals surface area contributed by atoms with Gasteiger partial charge in [0.15, 0.2) is 0 Å². The van der Waals surface area contributed by atoms with Crippen LogP contribution < -0.4 is 0 Å². The molecule has 0 radical (unpaired) electrons. The van der Waals surface area contributed by atoms with Crippen molar-refractivity contribution in [2.45, 2.75) is 20.8 Å². The first-order valence-corrected chi connectivity index (χ1v) is 5.92. The molecular weight excluding hydrogens is 264 g/mol. The van der Waals surface area contributed by atoms with E-state index in [0.29, 0.717) is 0 Å². The van der Waals surface area contributed by atoms with Gasteiger partial charge in [0, 0.05) is 11.1 Å². The van der Waals surface area contributed by atoms with Gasteiger partial charge in [-0.15, -0.1) is 0 Å². The van der Waals surface area contributed by atoms with Gasteiger partial charge in [0.1, 0.15) is 19.8 Å². The zero-order chi connectivity index (χ0) is 15.8. The Morgan fingerprint density at radius 2 is 1.40 bits per heavy atom. The van der Waals surface area contributed by atoms with Crippen LogP contribution in [0.3, 0.4) is 0 Å². The summed E-state index contributed by atoms with van der Waals surface area (Å²) in [6.45, 7) is 11.7. The van der Waals surface area contributed by atoms with Crippen molar-refractivity contribution in [2.75, 3.05) is 19.8 Å². The lowest BCUT2D eigenvalue weighted by Gasteiger charge is -2.27. The van der Waals surface area contributed by atoms with Crippen molar-refractivity contribution in [3.63, 3.8) is 0 Å². The molecule has 20 heavy (non-hydrogen) atoms. The van der Waals surface area contributed by atoms with Crippen LogP contribution in [0.15, 0.2) is 24.3 Å². The van der Waals surface area contributed by atoms with E-state index in [2.05, 4.69) is 17.9 Å².